The summed E-state index contributed by atoms with van der Waals surface area (Å²) in [7, 11) is 0. The van der Waals surface area contributed by atoms with E-state index in [-0.39, 0.29) is 10.8 Å². The molecule has 0 saturated carbocycles. The van der Waals surface area contributed by atoms with E-state index in [4.69, 9.17) is 0 Å². The largest absolute Gasteiger partial charge is 0.0619 e. The molecule has 0 bridgehead atoms. The second kappa shape index (κ2) is 8.42. The van der Waals surface area contributed by atoms with Gasteiger partial charge in [-0.2, -0.15) is 0 Å². The van der Waals surface area contributed by atoms with Crippen molar-refractivity contribution in [2.24, 2.45) is 0 Å². The molecule has 0 atom stereocenters. The lowest BCUT2D eigenvalue weighted by molar-refractivity contribution is 0.590. The van der Waals surface area contributed by atoms with Gasteiger partial charge < -0.3 is 0 Å². The highest BCUT2D eigenvalue weighted by Gasteiger charge is 2.35. The van der Waals surface area contributed by atoms with Gasteiger partial charge in [-0.1, -0.05) is 144 Å². The van der Waals surface area contributed by atoms with Crippen molar-refractivity contribution in [2.45, 2.75) is 45.4 Å². The zero-order valence-corrected chi connectivity index (χ0v) is 23.5. The van der Waals surface area contributed by atoms with Gasteiger partial charge in [-0.3, -0.25) is 0 Å². The third-order valence-electron chi connectivity index (χ3n) is 8.84. The van der Waals surface area contributed by atoms with Crippen LogP contribution >= 0.6 is 0 Å². The van der Waals surface area contributed by atoms with Crippen LogP contribution in [-0.4, -0.2) is 0 Å². The topological polar surface area (TPSA) is 0 Å². The van der Waals surface area contributed by atoms with Crippen LogP contribution in [0, 0.1) is 0 Å². The zero-order chi connectivity index (χ0) is 26.9. The molecule has 0 aromatic heterocycles. The van der Waals surface area contributed by atoms with Crippen LogP contribution in [0.5, 0.6) is 0 Å². The standard InChI is InChI=1S/C39H34/c1-38(2,3)27-21-18-25(19-22-27)36-30-13-6-8-15-32(30)37(33-16-9-7-14-31(33)36)26-20-23-29-28-12-10-11-17-34(28)39(4,5)35(29)24-26/h6-24H,1-5H3. The molecule has 0 amide bonds. The van der Waals surface area contributed by atoms with Crippen LogP contribution in [0.2, 0.25) is 0 Å². The molecule has 6 aromatic carbocycles. The Morgan fingerprint density at radius 2 is 0.923 bits per heavy atom. The molecule has 0 nitrogen and oxygen atoms in total. The van der Waals surface area contributed by atoms with Gasteiger partial charge in [-0.25, -0.2) is 0 Å². The number of fused-ring (bicyclic) bond motifs is 5. The summed E-state index contributed by atoms with van der Waals surface area (Å²) in [6, 6.07) is 43.2. The lowest BCUT2D eigenvalue weighted by atomic mass is 9.80. The molecule has 0 heteroatoms. The van der Waals surface area contributed by atoms with Gasteiger partial charge >= 0.3 is 0 Å². The van der Waals surface area contributed by atoms with Gasteiger partial charge in [0.25, 0.3) is 0 Å². The van der Waals surface area contributed by atoms with Crippen molar-refractivity contribution < 1.29 is 0 Å². The van der Waals surface area contributed by atoms with E-state index in [0.29, 0.717) is 0 Å². The van der Waals surface area contributed by atoms with Gasteiger partial charge in [0.2, 0.25) is 0 Å². The molecule has 0 saturated heterocycles. The summed E-state index contributed by atoms with van der Waals surface area (Å²) in [5, 5.41) is 5.22. The second-order valence-corrected chi connectivity index (χ2v) is 12.6. The smallest absolute Gasteiger partial charge is 0.0159 e. The fourth-order valence-electron chi connectivity index (χ4n) is 6.75. The van der Waals surface area contributed by atoms with Gasteiger partial charge in [-0.05, 0) is 83.1 Å². The molecule has 39 heavy (non-hydrogen) atoms. The summed E-state index contributed by atoms with van der Waals surface area (Å²) in [6.45, 7) is 11.6. The fourth-order valence-corrected chi connectivity index (χ4v) is 6.75. The van der Waals surface area contributed by atoms with Crippen LogP contribution in [0.1, 0.15) is 51.3 Å². The van der Waals surface area contributed by atoms with E-state index in [1.54, 1.807) is 0 Å². The Morgan fingerprint density at radius 3 is 1.49 bits per heavy atom. The lowest BCUT2D eigenvalue weighted by Gasteiger charge is -2.23. The maximum absolute atomic E-state index is 2.46. The average Bonchev–Trinajstić information content (AvgIpc) is 3.17. The van der Waals surface area contributed by atoms with Gasteiger partial charge in [0, 0.05) is 5.41 Å². The van der Waals surface area contributed by atoms with Gasteiger partial charge in [0.05, 0.1) is 0 Å². The number of benzene rings is 6. The molecule has 0 radical (unpaired) electrons. The molecule has 7 rings (SSSR count). The summed E-state index contributed by atoms with van der Waals surface area (Å²) in [5.41, 5.74) is 12.2. The van der Waals surface area contributed by atoms with Crippen molar-refractivity contribution in [3.05, 3.63) is 132 Å². The first-order chi connectivity index (χ1) is 18.7. The second-order valence-electron chi connectivity index (χ2n) is 12.6. The van der Waals surface area contributed by atoms with E-state index in [1.165, 1.54) is 71.6 Å². The molecule has 1 aliphatic rings. The summed E-state index contributed by atoms with van der Waals surface area (Å²) < 4.78 is 0. The van der Waals surface area contributed by atoms with Crippen molar-refractivity contribution in [3.63, 3.8) is 0 Å². The van der Waals surface area contributed by atoms with Crippen LogP contribution < -0.4 is 0 Å². The van der Waals surface area contributed by atoms with Crippen LogP contribution in [0.15, 0.2) is 115 Å². The minimum atomic E-state index is -0.0255. The summed E-state index contributed by atoms with van der Waals surface area (Å²) in [6.07, 6.45) is 0. The molecule has 0 heterocycles. The summed E-state index contributed by atoms with van der Waals surface area (Å²) >= 11 is 0. The molecule has 6 aromatic rings. The maximum Gasteiger partial charge on any atom is 0.0159 e. The van der Waals surface area contributed by atoms with Crippen molar-refractivity contribution in [1.29, 1.82) is 0 Å². The monoisotopic (exact) mass is 502 g/mol. The van der Waals surface area contributed by atoms with Crippen LogP contribution in [0.4, 0.5) is 0 Å². The molecule has 0 fully saturated rings. The first-order valence-corrected chi connectivity index (χ1v) is 14.0. The Bertz CT molecular complexity index is 1840. The van der Waals surface area contributed by atoms with E-state index in [9.17, 15) is 0 Å². The maximum atomic E-state index is 2.46. The molecule has 1 aliphatic carbocycles. The SMILES string of the molecule is CC(C)(C)c1ccc(-c2c3ccccc3c(-c3ccc4c(c3)C(C)(C)c3ccccc3-4)c3ccccc23)cc1. The minimum absolute atomic E-state index is 0.0255. The third kappa shape index (κ3) is 3.58. The van der Waals surface area contributed by atoms with Crippen molar-refractivity contribution >= 4 is 21.5 Å². The lowest BCUT2D eigenvalue weighted by Crippen LogP contribution is -2.14. The highest BCUT2D eigenvalue weighted by atomic mass is 14.4. The predicted molar refractivity (Wildman–Crippen MR) is 169 cm³/mol. The predicted octanol–water partition coefficient (Wildman–Crippen LogP) is 10.9. The summed E-state index contributed by atoms with van der Waals surface area (Å²) in [5.74, 6) is 0. The number of rotatable bonds is 2. The van der Waals surface area contributed by atoms with E-state index in [1.807, 2.05) is 0 Å². The fraction of sp³-hybridized carbons (Fsp3) is 0.179. The Kier molecular flexibility index (Phi) is 5.16. The van der Waals surface area contributed by atoms with Gasteiger partial charge in [0.15, 0.2) is 0 Å². The number of hydrogen-bond acceptors (Lipinski definition) is 0. The summed E-state index contributed by atoms with van der Waals surface area (Å²) in [4.78, 5) is 0. The highest BCUT2D eigenvalue weighted by Crippen LogP contribution is 2.51. The van der Waals surface area contributed by atoms with Crippen LogP contribution in [0.3, 0.4) is 0 Å². The minimum Gasteiger partial charge on any atom is -0.0619 e. The zero-order valence-electron chi connectivity index (χ0n) is 23.5. The highest BCUT2D eigenvalue weighted by molar-refractivity contribution is 6.21. The van der Waals surface area contributed by atoms with Gasteiger partial charge in [0.1, 0.15) is 0 Å². The molecule has 0 aliphatic heterocycles. The van der Waals surface area contributed by atoms with Crippen molar-refractivity contribution in [2.75, 3.05) is 0 Å². The Morgan fingerprint density at radius 1 is 0.462 bits per heavy atom. The molecular weight excluding hydrogens is 468 g/mol. The molecular formula is C39H34. The number of hydrogen-bond donors (Lipinski definition) is 0. The Hall–Kier alpha value is -4.16. The Balaban J connectivity index is 1.51. The van der Waals surface area contributed by atoms with E-state index < -0.39 is 0 Å². The van der Waals surface area contributed by atoms with E-state index in [0.717, 1.165) is 0 Å². The first kappa shape index (κ1) is 23.9. The average molecular weight is 503 g/mol. The molecule has 0 N–H and O–H groups in total. The molecule has 190 valence electrons. The van der Waals surface area contributed by atoms with E-state index in [2.05, 4.69) is 150 Å². The molecule has 0 unspecified atom stereocenters. The van der Waals surface area contributed by atoms with Crippen molar-refractivity contribution in [3.8, 4) is 33.4 Å². The van der Waals surface area contributed by atoms with E-state index >= 15 is 0 Å². The van der Waals surface area contributed by atoms with Gasteiger partial charge in [-0.15, -0.1) is 0 Å². The van der Waals surface area contributed by atoms with Crippen LogP contribution in [0.25, 0.3) is 54.9 Å². The first-order valence-electron chi connectivity index (χ1n) is 14.0. The normalized spacial score (nSPS) is 14.0. The Labute approximate surface area is 232 Å². The third-order valence-corrected chi connectivity index (χ3v) is 8.84. The van der Waals surface area contributed by atoms with Crippen LogP contribution in [-0.2, 0) is 10.8 Å². The quantitative estimate of drug-likeness (QED) is 0.207. The van der Waals surface area contributed by atoms with Crippen molar-refractivity contribution in [1.82, 2.24) is 0 Å². The molecule has 0 spiro atoms.